The molecule has 1 aromatic rings. The van der Waals surface area contributed by atoms with Crippen LogP contribution >= 0.6 is 0 Å². The Kier molecular flexibility index (Phi) is 4.89. The van der Waals surface area contributed by atoms with Crippen molar-refractivity contribution in [3.05, 3.63) is 24.3 Å². The van der Waals surface area contributed by atoms with E-state index in [4.69, 9.17) is 10.5 Å². The lowest BCUT2D eigenvalue weighted by Gasteiger charge is -2.11. The molecule has 0 radical (unpaired) electrons. The normalized spacial score (nSPS) is 19.6. The van der Waals surface area contributed by atoms with Crippen LogP contribution in [0, 0.1) is 0 Å². The van der Waals surface area contributed by atoms with E-state index in [1.54, 1.807) is 6.07 Å². The van der Waals surface area contributed by atoms with Gasteiger partial charge in [0.15, 0.2) is 5.96 Å². The van der Waals surface area contributed by atoms with E-state index >= 15 is 0 Å². The highest BCUT2D eigenvalue weighted by Gasteiger charge is 2.31. The number of nitrogens with one attached hydrogen (secondary N) is 1. The van der Waals surface area contributed by atoms with Gasteiger partial charge in [0.05, 0.1) is 12.6 Å². The van der Waals surface area contributed by atoms with Gasteiger partial charge in [0, 0.05) is 18.4 Å². The summed E-state index contributed by atoms with van der Waals surface area (Å²) >= 11 is 0. The number of halogens is 3. The molecule has 1 saturated heterocycles. The first kappa shape index (κ1) is 15.4. The average molecular weight is 303 g/mol. The van der Waals surface area contributed by atoms with E-state index in [-0.39, 0.29) is 17.8 Å². The second-order valence-corrected chi connectivity index (χ2v) is 4.56. The van der Waals surface area contributed by atoms with Gasteiger partial charge in [0.25, 0.3) is 0 Å². The lowest BCUT2D eigenvalue weighted by molar-refractivity contribution is -0.274. The Morgan fingerprint density at radius 2 is 2.29 bits per heavy atom. The van der Waals surface area contributed by atoms with Crippen molar-refractivity contribution in [1.29, 1.82) is 0 Å². The Morgan fingerprint density at radius 3 is 2.95 bits per heavy atom. The summed E-state index contributed by atoms with van der Waals surface area (Å²) in [4.78, 5) is 4.10. The minimum absolute atomic E-state index is 0.0604. The van der Waals surface area contributed by atoms with Crippen molar-refractivity contribution in [2.75, 3.05) is 18.5 Å². The molecule has 0 amide bonds. The highest BCUT2D eigenvalue weighted by molar-refractivity contribution is 5.92. The molecule has 21 heavy (non-hydrogen) atoms. The van der Waals surface area contributed by atoms with Crippen LogP contribution in [0.25, 0.3) is 0 Å². The van der Waals surface area contributed by atoms with Crippen LogP contribution in [0.4, 0.5) is 18.9 Å². The monoisotopic (exact) mass is 303 g/mol. The molecule has 0 saturated carbocycles. The fourth-order valence-electron chi connectivity index (χ4n) is 1.95. The highest BCUT2D eigenvalue weighted by atomic mass is 19.4. The van der Waals surface area contributed by atoms with Crippen molar-refractivity contribution in [3.8, 4) is 5.75 Å². The van der Waals surface area contributed by atoms with Crippen molar-refractivity contribution in [2.24, 2.45) is 10.7 Å². The molecule has 0 aliphatic carbocycles. The van der Waals surface area contributed by atoms with Gasteiger partial charge in [-0.25, -0.2) is 0 Å². The average Bonchev–Trinajstić information content (AvgIpc) is 2.87. The molecular formula is C13H16F3N3O2. The molecule has 0 aromatic heterocycles. The number of guanidine groups is 1. The number of nitrogens with zero attached hydrogens (tertiary/aromatic N) is 1. The molecule has 3 N–H and O–H groups in total. The van der Waals surface area contributed by atoms with E-state index < -0.39 is 6.36 Å². The van der Waals surface area contributed by atoms with Crippen LogP contribution in [0.15, 0.2) is 29.3 Å². The third kappa shape index (κ3) is 5.50. The molecule has 116 valence electrons. The largest absolute Gasteiger partial charge is 0.573 e. The van der Waals surface area contributed by atoms with E-state index in [0.29, 0.717) is 12.2 Å². The number of alkyl halides is 3. The van der Waals surface area contributed by atoms with Crippen molar-refractivity contribution in [1.82, 2.24) is 0 Å². The van der Waals surface area contributed by atoms with E-state index in [2.05, 4.69) is 15.0 Å². The number of nitrogens with two attached hydrogens (primary N) is 1. The van der Waals surface area contributed by atoms with Crippen LogP contribution in [0.3, 0.4) is 0 Å². The summed E-state index contributed by atoms with van der Waals surface area (Å²) in [5.41, 5.74) is 6.05. The molecule has 1 fully saturated rings. The molecule has 1 aliphatic heterocycles. The number of rotatable bonds is 4. The van der Waals surface area contributed by atoms with Gasteiger partial charge in [-0.1, -0.05) is 6.07 Å². The maximum absolute atomic E-state index is 12.1. The molecule has 0 bridgehead atoms. The Morgan fingerprint density at radius 1 is 1.48 bits per heavy atom. The summed E-state index contributed by atoms with van der Waals surface area (Å²) in [6.45, 7) is 1.15. The predicted octanol–water partition coefficient (Wildman–Crippen LogP) is 2.49. The van der Waals surface area contributed by atoms with Crippen LogP contribution in [0.5, 0.6) is 5.75 Å². The standard InChI is InChI=1S/C13H16F3N3O2/c14-13(15,16)21-10-4-1-3-9(7-10)19-12(17)18-8-11-5-2-6-20-11/h1,3-4,7,11H,2,5-6,8H2,(H3,17,18,19). The van der Waals surface area contributed by atoms with Crippen LogP contribution < -0.4 is 15.8 Å². The molecule has 1 atom stereocenters. The van der Waals surface area contributed by atoms with Crippen LogP contribution in [0.1, 0.15) is 12.8 Å². The molecule has 8 heteroatoms. The van der Waals surface area contributed by atoms with Crippen LogP contribution in [-0.2, 0) is 4.74 Å². The zero-order chi connectivity index (χ0) is 15.3. The smallest absolute Gasteiger partial charge is 0.406 e. The van der Waals surface area contributed by atoms with Crippen molar-refractivity contribution >= 4 is 11.6 Å². The fraction of sp³-hybridized carbons (Fsp3) is 0.462. The summed E-state index contributed by atoms with van der Waals surface area (Å²) in [5, 5.41) is 2.72. The second kappa shape index (κ2) is 6.66. The van der Waals surface area contributed by atoms with Gasteiger partial charge in [0.1, 0.15) is 5.75 Å². The summed E-state index contributed by atoms with van der Waals surface area (Å²) in [5.74, 6) is -0.200. The van der Waals surface area contributed by atoms with E-state index in [1.165, 1.54) is 18.2 Å². The zero-order valence-electron chi connectivity index (χ0n) is 11.2. The van der Waals surface area contributed by atoms with Crippen LogP contribution in [0.2, 0.25) is 0 Å². The summed E-state index contributed by atoms with van der Waals surface area (Å²) in [6, 6.07) is 5.40. The molecule has 5 nitrogen and oxygen atoms in total. The summed E-state index contributed by atoms with van der Waals surface area (Å²) < 4.78 is 45.6. The van der Waals surface area contributed by atoms with Gasteiger partial charge in [-0.2, -0.15) is 0 Å². The fourth-order valence-corrected chi connectivity index (χ4v) is 1.95. The van der Waals surface area contributed by atoms with E-state index in [1.807, 2.05) is 0 Å². The number of aliphatic imine (C=N–C) groups is 1. The SMILES string of the molecule is NC(=NCC1CCCO1)Nc1cccc(OC(F)(F)F)c1. The third-order valence-electron chi connectivity index (χ3n) is 2.83. The predicted molar refractivity (Wildman–Crippen MR) is 72.2 cm³/mol. The van der Waals surface area contributed by atoms with Crippen molar-refractivity contribution in [2.45, 2.75) is 25.3 Å². The van der Waals surface area contributed by atoms with Gasteiger partial charge < -0.3 is 20.5 Å². The lowest BCUT2D eigenvalue weighted by Crippen LogP contribution is -2.24. The lowest BCUT2D eigenvalue weighted by atomic mass is 10.2. The van der Waals surface area contributed by atoms with Gasteiger partial charge >= 0.3 is 6.36 Å². The molecule has 2 rings (SSSR count). The number of hydrogen-bond donors (Lipinski definition) is 2. The Balaban J connectivity index is 1.92. The first-order chi connectivity index (χ1) is 9.92. The van der Waals surface area contributed by atoms with Gasteiger partial charge in [-0.3, -0.25) is 4.99 Å². The Bertz CT molecular complexity index is 500. The zero-order valence-corrected chi connectivity index (χ0v) is 11.2. The molecule has 0 spiro atoms. The van der Waals surface area contributed by atoms with Crippen molar-refractivity contribution < 1.29 is 22.6 Å². The number of hydrogen-bond acceptors (Lipinski definition) is 3. The summed E-state index contributed by atoms with van der Waals surface area (Å²) in [7, 11) is 0. The molecule has 1 unspecified atom stereocenters. The Hall–Kier alpha value is -1.96. The Labute approximate surface area is 119 Å². The molecule has 1 heterocycles. The maximum atomic E-state index is 12.1. The minimum Gasteiger partial charge on any atom is -0.406 e. The van der Waals surface area contributed by atoms with Crippen molar-refractivity contribution in [3.63, 3.8) is 0 Å². The molecule has 1 aliphatic rings. The van der Waals surface area contributed by atoms with Gasteiger partial charge in [-0.15, -0.1) is 13.2 Å². The van der Waals surface area contributed by atoms with Gasteiger partial charge in [-0.05, 0) is 25.0 Å². The van der Waals surface area contributed by atoms with Gasteiger partial charge in [0.2, 0.25) is 0 Å². The topological polar surface area (TPSA) is 68.9 Å². The van der Waals surface area contributed by atoms with Crippen LogP contribution in [-0.4, -0.2) is 31.6 Å². The highest BCUT2D eigenvalue weighted by Crippen LogP contribution is 2.24. The first-order valence-electron chi connectivity index (χ1n) is 6.47. The first-order valence-corrected chi connectivity index (χ1v) is 6.47. The number of ether oxygens (including phenoxy) is 2. The third-order valence-corrected chi connectivity index (χ3v) is 2.83. The maximum Gasteiger partial charge on any atom is 0.573 e. The van der Waals surface area contributed by atoms with E-state index in [9.17, 15) is 13.2 Å². The number of benzene rings is 1. The molecular weight excluding hydrogens is 287 g/mol. The minimum atomic E-state index is -4.72. The second-order valence-electron chi connectivity index (χ2n) is 4.56. The quantitative estimate of drug-likeness (QED) is 0.662. The molecule has 1 aromatic carbocycles. The van der Waals surface area contributed by atoms with E-state index in [0.717, 1.165) is 19.4 Å². The summed E-state index contributed by atoms with van der Waals surface area (Å²) in [6.07, 6.45) is -2.72. The number of anilines is 1.